The van der Waals surface area contributed by atoms with Crippen molar-refractivity contribution in [1.82, 2.24) is 9.97 Å². The van der Waals surface area contributed by atoms with Gasteiger partial charge in [0, 0.05) is 29.4 Å². The molecular weight excluding hydrogens is 352 g/mol. The molecule has 130 valence electrons. The van der Waals surface area contributed by atoms with Crippen LogP contribution in [-0.2, 0) is 17.6 Å². The second-order valence-electron chi connectivity index (χ2n) is 5.96. The summed E-state index contributed by atoms with van der Waals surface area (Å²) >= 11 is 2.89. The summed E-state index contributed by atoms with van der Waals surface area (Å²) in [5.41, 5.74) is 2.99. The van der Waals surface area contributed by atoms with E-state index in [1.54, 1.807) is 6.20 Å². The van der Waals surface area contributed by atoms with Gasteiger partial charge in [-0.25, -0.2) is 9.97 Å². The van der Waals surface area contributed by atoms with E-state index in [2.05, 4.69) is 16.4 Å². The number of nitrogens with zero attached hydrogens (tertiary/aromatic N) is 3. The highest BCUT2D eigenvalue weighted by Gasteiger charge is 2.14. The molecule has 0 atom stereocenters. The van der Waals surface area contributed by atoms with Crippen LogP contribution in [0.3, 0.4) is 0 Å². The number of aryl methyl sites for hydroxylation is 2. The monoisotopic (exact) mass is 372 g/mol. The molecule has 1 amide bonds. The zero-order valence-corrected chi connectivity index (χ0v) is 15.6. The third kappa shape index (κ3) is 5.03. The summed E-state index contributed by atoms with van der Waals surface area (Å²) < 4.78 is 0. The number of pyridine rings is 1. The summed E-state index contributed by atoms with van der Waals surface area (Å²) in [4.78, 5) is 20.7. The first-order valence-corrected chi connectivity index (χ1v) is 10.4. The molecule has 0 unspecified atom stereocenters. The third-order valence-corrected chi connectivity index (χ3v) is 5.81. The molecule has 0 spiro atoms. The average molecular weight is 373 g/mol. The molecule has 0 saturated carbocycles. The summed E-state index contributed by atoms with van der Waals surface area (Å²) in [7, 11) is 0. The molecule has 0 fully saturated rings. The fourth-order valence-electron chi connectivity index (χ4n) is 2.87. The lowest BCUT2D eigenvalue weighted by molar-refractivity contribution is -0.115. The predicted molar refractivity (Wildman–Crippen MR) is 101 cm³/mol. The van der Waals surface area contributed by atoms with E-state index in [1.165, 1.54) is 47.9 Å². The van der Waals surface area contributed by atoms with Crippen LogP contribution in [0, 0.1) is 11.3 Å². The van der Waals surface area contributed by atoms with Crippen molar-refractivity contribution < 1.29 is 4.79 Å². The van der Waals surface area contributed by atoms with Crippen molar-refractivity contribution in [2.45, 2.75) is 50.0 Å². The SMILES string of the molecule is N#Cc1cc2c(nc1SCCC(=O)Nc1nccs1)CCCCCC2. The summed E-state index contributed by atoms with van der Waals surface area (Å²) in [5, 5.41) is 15.4. The van der Waals surface area contributed by atoms with Gasteiger partial charge in [-0.1, -0.05) is 12.8 Å². The number of hydrogen-bond donors (Lipinski definition) is 1. The highest BCUT2D eigenvalue weighted by molar-refractivity contribution is 7.99. The summed E-state index contributed by atoms with van der Waals surface area (Å²) in [6, 6.07) is 4.27. The van der Waals surface area contributed by atoms with Gasteiger partial charge in [0.1, 0.15) is 11.1 Å². The number of aromatic nitrogens is 2. The molecule has 3 rings (SSSR count). The van der Waals surface area contributed by atoms with Gasteiger partial charge in [0.05, 0.1) is 5.56 Å². The number of carbonyl (C=O) groups excluding carboxylic acids is 1. The van der Waals surface area contributed by atoms with E-state index in [0.717, 1.165) is 30.0 Å². The third-order valence-electron chi connectivity index (χ3n) is 4.13. The largest absolute Gasteiger partial charge is 0.302 e. The van der Waals surface area contributed by atoms with Crippen molar-refractivity contribution >= 4 is 34.1 Å². The highest BCUT2D eigenvalue weighted by Crippen LogP contribution is 2.27. The Morgan fingerprint density at radius 3 is 2.92 bits per heavy atom. The molecule has 2 aromatic rings. The van der Waals surface area contributed by atoms with Crippen molar-refractivity contribution in [3.63, 3.8) is 0 Å². The first kappa shape index (κ1) is 17.9. The zero-order valence-electron chi connectivity index (χ0n) is 14.0. The topological polar surface area (TPSA) is 78.7 Å². The Hall–Kier alpha value is -1.91. The van der Waals surface area contributed by atoms with Crippen LogP contribution in [-0.4, -0.2) is 21.6 Å². The fourth-order valence-corrected chi connectivity index (χ4v) is 4.33. The predicted octanol–water partition coefficient (Wildman–Crippen LogP) is 4.19. The molecule has 25 heavy (non-hydrogen) atoms. The first-order valence-electron chi connectivity index (χ1n) is 8.51. The molecule has 7 heteroatoms. The Bertz CT molecular complexity index is 768. The Morgan fingerprint density at radius 1 is 1.32 bits per heavy atom. The van der Waals surface area contributed by atoms with E-state index >= 15 is 0 Å². The normalized spacial score (nSPS) is 14.0. The number of hydrogen-bond acceptors (Lipinski definition) is 6. The molecule has 5 nitrogen and oxygen atoms in total. The van der Waals surface area contributed by atoms with Crippen molar-refractivity contribution in [1.29, 1.82) is 5.26 Å². The van der Waals surface area contributed by atoms with E-state index in [4.69, 9.17) is 4.98 Å². The van der Waals surface area contributed by atoms with Crippen LogP contribution in [0.15, 0.2) is 22.7 Å². The molecule has 2 heterocycles. The number of rotatable bonds is 5. The fraction of sp³-hybridized carbons (Fsp3) is 0.444. The minimum atomic E-state index is -0.0628. The lowest BCUT2D eigenvalue weighted by atomic mass is 9.96. The Balaban J connectivity index is 1.62. The number of fused-ring (bicyclic) bond motifs is 1. The number of nitriles is 1. The van der Waals surface area contributed by atoms with Gasteiger partial charge in [-0.2, -0.15) is 5.26 Å². The minimum absolute atomic E-state index is 0.0628. The molecule has 0 saturated heterocycles. The number of thioether (sulfide) groups is 1. The van der Waals surface area contributed by atoms with Crippen molar-refractivity contribution in [3.8, 4) is 6.07 Å². The van der Waals surface area contributed by atoms with E-state index in [9.17, 15) is 10.1 Å². The zero-order chi connectivity index (χ0) is 17.5. The van der Waals surface area contributed by atoms with Gasteiger partial charge in [-0.05, 0) is 37.3 Å². The molecule has 0 radical (unpaired) electrons. The molecule has 1 aliphatic rings. The van der Waals surface area contributed by atoms with Crippen LogP contribution >= 0.6 is 23.1 Å². The summed E-state index contributed by atoms with van der Waals surface area (Å²) in [6.45, 7) is 0. The number of thiazole rings is 1. The maximum Gasteiger partial charge on any atom is 0.226 e. The lowest BCUT2D eigenvalue weighted by Crippen LogP contribution is -2.12. The van der Waals surface area contributed by atoms with Crippen LogP contribution in [0.1, 0.15) is 48.9 Å². The molecule has 1 N–H and O–H groups in total. The standard InChI is InChI=1S/C18H20N4OS2/c19-12-14-11-13-5-3-1-2-4-6-15(13)21-17(14)24-9-7-16(23)22-18-20-8-10-25-18/h8,10-11H,1-7,9H2,(H,20,22,23). The van der Waals surface area contributed by atoms with Gasteiger partial charge in [-0.15, -0.1) is 23.1 Å². The van der Waals surface area contributed by atoms with E-state index in [0.29, 0.717) is 22.9 Å². The van der Waals surface area contributed by atoms with Crippen molar-refractivity contribution in [3.05, 3.63) is 34.5 Å². The molecule has 1 aliphatic carbocycles. The average Bonchev–Trinajstić information content (AvgIpc) is 3.08. The van der Waals surface area contributed by atoms with Gasteiger partial charge in [0.2, 0.25) is 5.91 Å². The number of anilines is 1. The first-order chi connectivity index (χ1) is 12.3. The lowest BCUT2D eigenvalue weighted by Gasteiger charge is -2.15. The number of amides is 1. The van der Waals surface area contributed by atoms with E-state index < -0.39 is 0 Å². The molecule has 2 aromatic heterocycles. The van der Waals surface area contributed by atoms with Crippen LogP contribution < -0.4 is 5.32 Å². The Kier molecular flexibility index (Phi) is 6.42. The second-order valence-corrected chi connectivity index (χ2v) is 7.94. The molecule has 0 aromatic carbocycles. The Morgan fingerprint density at radius 2 is 2.16 bits per heavy atom. The van der Waals surface area contributed by atoms with Gasteiger partial charge in [-0.3, -0.25) is 4.79 Å². The van der Waals surface area contributed by atoms with Gasteiger partial charge in [0.15, 0.2) is 5.13 Å². The van der Waals surface area contributed by atoms with E-state index in [-0.39, 0.29) is 5.91 Å². The summed E-state index contributed by atoms with van der Waals surface area (Å²) in [5.74, 6) is 0.532. The number of nitrogens with one attached hydrogen (secondary N) is 1. The molecule has 0 aliphatic heterocycles. The Labute approximate surface area is 155 Å². The maximum atomic E-state index is 11.9. The number of carbonyl (C=O) groups is 1. The summed E-state index contributed by atoms with van der Waals surface area (Å²) in [6.07, 6.45) is 8.86. The second kappa shape index (κ2) is 8.97. The van der Waals surface area contributed by atoms with Crippen molar-refractivity contribution in [2.24, 2.45) is 0 Å². The van der Waals surface area contributed by atoms with Crippen LogP contribution in [0.2, 0.25) is 0 Å². The van der Waals surface area contributed by atoms with E-state index in [1.807, 2.05) is 11.4 Å². The minimum Gasteiger partial charge on any atom is -0.302 e. The van der Waals surface area contributed by atoms with Crippen molar-refractivity contribution in [2.75, 3.05) is 11.1 Å². The molecular formula is C18H20N4OS2. The van der Waals surface area contributed by atoms with Gasteiger partial charge in [0.25, 0.3) is 0 Å². The van der Waals surface area contributed by atoms with Gasteiger partial charge < -0.3 is 5.32 Å². The quantitative estimate of drug-likeness (QED) is 0.796. The molecule has 0 bridgehead atoms. The van der Waals surface area contributed by atoms with Crippen LogP contribution in [0.5, 0.6) is 0 Å². The smallest absolute Gasteiger partial charge is 0.226 e. The van der Waals surface area contributed by atoms with Crippen LogP contribution in [0.25, 0.3) is 0 Å². The van der Waals surface area contributed by atoms with Gasteiger partial charge >= 0.3 is 0 Å². The highest BCUT2D eigenvalue weighted by atomic mass is 32.2. The van der Waals surface area contributed by atoms with Crippen LogP contribution in [0.4, 0.5) is 5.13 Å². The maximum absolute atomic E-state index is 11.9.